The molecule has 2 aliphatic rings. The molecule has 1 aliphatic heterocycles. The van der Waals surface area contributed by atoms with Crippen molar-refractivity contribution in [2.24, 2.45) is 11.8 Å². The molecule has 3 aromatic rings. The van der Waals surface area contributed by atoms with Crippen molar-refractivity contribution in [2.75, 3.05) is 13.1 Å². The number of phenolic OH excluding ortho intramolecular Hbond substituents is 1. The second kappa shape index (κ2) is 7.12. The number of aliphatic hydroxyl groups excluding tert-OH is 1. The monoisotopic (exact) mass is 408 g/mol. The summed E-state index contributed by atoms with van der Waals surface area (Å²) >= 11 is 6.18. The molecule has 1 aromatic heterocycles. The Kier molecular flexibility index (Phi) is 4.56. The van der Waals surface area contributed by atoms with Crippen LogP contribution in [0.25, 0.3) is 10.9 Å². The summed E-state index contributed by atoms with van der Waals surface area (Å²) in [5.74, 6) is 1.51. The molecule has 0 bridgehead atoms. The van der Waals surface area contributed by atoms with Crippen LogP contribution in [0.4, 0.5) is 0 Å². The minimum atomic E-state index is -0.286. The second-order valence-corrected chi connectivity index (χ2v) is 8.91. The summed E-state index contributed by atoms with van der Waals surface area (Å²) in [5, 5.41) is 22.3. The van der Waals surface area contributed by atoms with Gasteiger partial charge in [0.1, 0.15) is 11.5 Å². The normalized spacial score (nSPS) is 22.8. The number of aliphatic hydroxyl groups is 1. The van der Waals surface area contributed by atoms with E-state index in [0.717, 1.165) is 48.5 Å². The van der Waals surface area contributed by atoms with Crippen LogP contribution in [0.1, 0.15) is 29.3 Å². The number of hydrogen-bond donors (Lipinski definition) is 3. The number of fused-ring (bicyclic) bond motifs is 4. The molecule has 29 heavy (non-hydrogen) atoms. The molecular weight excluding hydrogens is 384 g/mol. The van der Waals surface area contributed by atoms with Crippen LogP contribution in [0, 0.1) is 11.8 Å². The third-order valence-corrected chi connectivity index (χ3v) is 6.91. The fourth-order valence-electron chi connectivity index (χ4n) is 5.37. The maximum atomic E-state index is 10.4. The lowest BCUT2D eigenvalue weighted by Crippen LogP contribution is -2.45. The number of likely N-dealkylation sites (tertiary alicyclic amines) is 1. The first kappa shape index (κ1) is 18.6. The topological polar surface area (TPSA) is 59.5 Å². The van der Waals surface area contributed by atoms with Crippen molar-refractivity contribution >= 4 is 22.5 Å². The number of aromatic hydroxyl groups is 1. The smallest absolute Gasteiger partial charge is 0.115 e. The van der Waals surface area contributed by atoms with Gasteiger partial charge in [-0.2, -0.15) is 0 Å². The van der Waals surface area contributed by atoms with Crippen LogP contribution in [0.2, 0.25) is 5.02 Å². The van der Waals surface area contributed by atoms with Gasteiger partial charge < -0.3 is 15.2 Å². The minimum Gasteiger partial charge on any atom is -0.511 e. The lowest BCUT2D eigenvalue weighted by molar-refractivity contribution is 0.0716. The summed E-state index contributed by atoms with van der Waals surface area (Å²) < 4.78 is 0. The Balaban J connectivity index is 1.43. The number of aromatic amines is 1. The SMILES string of the molecule is C=C(O)C(c1cccc(O)c1)N1CCC2Cc3[nH]c4cc(Cl)ccc4c3CC2C1. The summed E-state index contributed by atoms with van der Waals surface area (Å²) in [6.07, 6.45) is 3.18. The Bertz CT molecular complexity index is 1090. The molecule has 150 valence electrons. The highest BCUT2D eigenvalue weighted by atomic mass is 35.5. The summed E-state index contributed by atoms with van der Waals surface area (Å²) in [6.45, 7) is 5.64. The van der Waals surface area contributed by atoms with Crippen molar-refractivity contribution in [1.82, 2.24) is 9.88 Å². The average molecular weight is 409 g/mol. The highest BCUT2D eigenvalue weighted by Crippen LogP contribution is 2.41. The van der Waals surface area contributed by atoms with Crippen molar-refractivity contribution in [3.63, 3.8) is 0 Å². The van der Waals surface area contributed by atoms with Gasteiger partial charge >= 0.3 is 0 Å². The summed E-state index contributed by atoms with van der Waals surface area (Å²) in [6, 6.07) is 12.9. The van der Waals surface area contributed by atoms with Crippen LogP contribution in [-0.4, -0.2) is 33.2 Å². The molecule has 3 N–H and O–H groups in total. The molecule has 0 amide bonds. The van der Waals surface area contributed by atoms with Gasteiger partial charge in [0.15, 0.2) is 0 Å². The van der Waals surface area contributed by atoms with Crippen molar-refractivity contribution in [1.29, 1.82) is 0 Å². The minimum absolute atomic E-state index is 0.132. The fraction of sp³-hybridized carbons (Fsp3) is 0.333. The van der Waals surface area contributed by atoms with Crippen molar-refractivity contribution < 1.29 is 10.2 Å². The first-order valence-corrected chi connectivity index (χ1v) is 10.6. The number of H-pyrrole nitrogens is 1. The Morgan fingerprint density at radius 1 is 1.17 bits per heavy atom. The molecule has 1 fully saturated rings. The molecule has 2 heterocycles. The molecule has 0 radical (unpaired) electrons. The molecule has 1 aliphatic carbocycles. The largest absolute Gasteiger partial charge is 0.511 e. The molecular formula is C24H25ClN2O2. The van der Waals surface area contributed by atoms with E-state index in [1.807, 2.05) is 24.3 Å². The lowest BCUT2D eigenvalue weighted by atomic mass is 9.73. The molecule has 2 aromatic carbocycles. The number of halogens is 1. The second-order valence-electron chi connectivity index (χ2n) is 8.47. The molecule has 4 nitrogen and oxygen atoms in total. The number of rotatable bonds is 3. The number of phenols is 1. The maximum absolute atomic E-state index is 10.4. The first-order chi connectivity index (χ1) is 14.0. The molecule has 3 unspecified atom stereocenters. The molecule has 5 heteroatoms. The molecule has 0 saturated carbocycles. The van der Waals surface area contributed by atoms with Gasteiger partial charge in [0.25, 0.3) is 0 Å². The first-order valence-electron chi connectivity index (χ1n) is 10.2. The predicted molar refractivity (Wildman–Crippen MR) is 117 cm³/mol. The van der Waals surface area contributed by atoms with Crippen LogP contribution in [-0.2, 0) is 12.8 Å². The van der Waals surface area contributed by atoms with Crippen LogP contribution in [0.3, 0.4) is 0 Å². The Labute approximate surface area is 175 Å². The van der Waals surface area contributed by atoms with Gasteiger partial charge in [-0.3, -0.25) is 4.90 Å². The van der Waals surface area contributed by atoms with Crippen LogP contribution >= 0.6 is 11.6 Å². The van der Waals surface area contributed by atoms with Crippen molar-refractivity contribution in [3.05, 3.63) is 76.6 Å². The Morgan fingerprint density at radius 3 is 2.83 bits per heavy atom. The van der Waals surface area contributed by atoms with E-state index in [1.54, 1.807) is 12.1 Å². The van der Waals surface area contributed by atoms with Gasteiger partial charge in [0.2, 0.25) is 0 Å². The third-order valence-electron chi connectivity index (χ3n) is 6.68. The van der Waals surface area contributed by atoms with Crippen LogP contribution in [0.15, 0.2) is 54.8 Å². The van der Waals surface area contributed by atoms with Gasteiger partial charge in [-0.05, 0) is 73.0 Å². The molecule has 3 atom stereocenters. The summed E-state index contributed by atoms with van der Waals surface area (Å²) in [4.78, 5) is 5.91. The molecule has 0 spiro atoms. The number of aromatic nitrogens is 1. The van der Waals surface area contributed by atoms with Gasteiger partial charge in [0, 0.05) is 28.2 Å². The number of hydrogen-bond acceptors (Lipinski definition) is 3. The number of benzene rings is 2. The lowest BCUT2D eigenvalue weighted by Gasteiger charge is -2.44. The highest BCUT2D eigenvalue weighted by molar-refractivity contribution is 6.31. The Hall–Kier alpha value is -2.43. The zero-order valence-electron chi connectivity index (χ0n) is 16.2. The predicted octanol–water partition coefficient (Wildman–Crippen LogP) is 5.38. The van der Waals surface area contributed by atoms with Crippen molar-refractivity contribution in [2.45, 2.75) is 25.3 Å². The van der Waals surface area contributed by atoms with Gasteiger partial charge in [-0.15, -0.1) is 0 Å². The molecule has 5 rings (SSSR count). The van der Waals surface area contributed by atoms with E-state index in [1.165, 1.54) is 16.6 Å². The van der Waals surface area contributed by atoms with Crippen LogP contribution < -0.4 is 0 Å². The van der Waals surface area contributed by atoms with Gasteiger partial charge in [-0.1, -0.05) is 36.4 Å². The number of piperidine rings is 1. The maximum Gasteiger partial charge on any atom is 0.115 e. The third kappa shape index (κ3) is 3.30. The average Bonchev–Trinajstić information content (AvgIpc) is 3.02. The van der Waals surface area contributed by atoms with Gasteiger partial charge in [0.05, 0.1) is 6.04 Å². The standard InChI is InChI=1S/C24H25ClN2O2/c1-14(28)24(16-3-2-4-19(29)9-16)27-8-7-15-11-22-21(10-17(15)13-27)20-6-5-18(25)12-23(20)26-22/h2-6,9,12,15,17,24,26,28-29H,1,7-8,10-11,13H2. The van der Waals surface area contributed by atoms with E-state index in [9.17, 15) is 10.2 Å². The Morgan fingerprint density at radius 2 is 2.03 bits per heavy atom. The van der Waals surface area contributed by atoms with E-state index in [-0.39, 0.29) is 17.6 Å². The number of nitrogens with one attached hydrogen (secondary N) is 1. The highest BCUT2D eigenvalue weighted by Gasteiger charge is 2.38. The molecule has 1 saturated heterocycles. The summed E-state index contributed by atoms with van der Waals surface area (Å²) in [7, 11) is 0. The fourth-order valence-corrected chi connectivity index (χ4v) is 5.54. The zero-order chi connectivity index (χ0) is 20.1. The summed E-state index contributed by atoms with van der Waals surface area (Å²) in [5.41, 5.74) is 4.78. The van der Waals surface area contributed by atoms with Crippen LogP contribution in [0.5, 0.6) is 5.75 Å². The number of nitrogens with zero attached hydrogens (tertiary/aromatic N) is 1. The quantitative estimate of drug-likeness (QED) is 0.510. The van der Waals surface area contributed by atoms with E-state index >= 15 is 0 Å². The zero-order valence-corrected chi connectivity index (χ0v) is 17.0. The van der Waals surface area contributed by atoms with E-state index in [0.29, 0.717) is 11.8 Å². The van der Waals surface area contributed by atoms with E-state index < -0.39 is 0 Å². The van der Waals surface area contributed by atoms with Gasteiger partial charge in [-0.25, -0.2) is 0 Å². The van der Waals surface area contributed by atoms with Crippen molar-refractivity contribution in [3.8, 4) is 5.75 Å². The van der Waals surface area contributed by atoms with E-state index in [4.69, 9.17) is 11.6 Å². The van der Waals surface area contributed by atoms with E-state index in [2.05, 4.69) is 22.5 Å².